The van der Waals surface area contributed by atoms with Gasteiger partial charge in [-0.3, -0.25) is 9.59 Å². The van der Waals surface area contributed by atoms with Crippen molar-refractivity contribution in [3.05, 3.63) is 59.2 Å². The van der Waals surface area contributed by atoms with Crippen LogP contribution in [0.3, 0.4) is 0 Å². The van der Waals surface area contributed by atoms with E-state index in [1.54, 1.807) is 36.1 Å². The van der Waals surface area contributed by atoms with E-state index in [4.69, 9.17) is 4.74 Å². The number of esters is 1. The standard InChI is InChI=1S/C21H21NO6S/c1-14-5-10-17(29(2,26)27)12-18(14)21(25)28-13-19(23)15-6-8-16(9-7-15)22-11-3-4-20(22)24/h5-10,12H,3-4,11,13H2,1-2H3. The first-order valence-corrected chi connectivity index (χ1v) is 11.0. The molecule has 0 N–H and O–H groups in total. The molecule has 7 nitrogen and oxygen atoms in total. The lowest BCUT2D eigenvalue weighted by Crippen LogP contribution is -2.23. The van der Waals surface area contributed by atoms with Gasteiger partial charge in [0, 0.05) is 30.5 Å². The maximum Gasteiger partial charge on any atom is 0.338 e. The molecule has 0 saturated carbocycles. The molecular formula is C21H21NO6S. The van der Waals surface area contributed by atoms with Crippen molar-refractivity contribution in [3.8, 4) is 0 Å². The van der Waals surface area contributed by atoms with E-state index in [1.165, 1.54) is 18.2 Å². The molecule has 0 atom stereocenters. The number of hydrogen-bond acceptors (Lipinski definition) is 6. The number of nitrogens with zero attached hydrogens (tertiary/aromatic N) is 1. The number of Topliss-reactive ketones (excluding diaryl/α,β-unsaturated/α-hetero) is 1. The number of carbonyl (C=O) groups excluding carboxylic acids is 3. The summed E-state index contributed by atoms with van der Waals surface area (Å²) >= 11 is 0. The van der Waals surface area contributed by atoms with Crippen LogP contribution in [0.4, 0.5) is 5.69 Å². The average molecular weight is 415 g/mol. The third-order valence-corrected chi connectivity index (χ3v) is 5.88. The summed E-state index contributed by atoms with van der Waals surface area (Å²) in [6, 6.07) is 10.8. The molecular weight excluding hydrogens is 394 g/mol. The fraction of sp³-hybridized carbons (Fsp3) is 0.286. The predicted molar refractivity (Wildman–Crippen MR) is 107 cm³/mol. The van der Waals surface area contributed by atoms with Crippen LogP contribution in [-0.2, 0) is 19.4 Å². The van der Waals surface area contributed by atoms with Crippen LogP contribution in [0.25, 0.3) is 0 Å². The summed E-state index contributed by atoms with van der Waals surface area (Å²) in [7, 11) is -3.47. The van der Waals surface area contributed by atoms with Crippen molar-refractivity contribution in [2.24, 2.45) is 0 Å². The van der Waals surface area contributed by atoms with Crippen LogP contribution < -0.4 is 4.90 Å². The van der Waals surface area contributed by atoms with E-state index in [2.05, 4.69) is 0 Å². The molecule has 1 saturated heterocycles. The zero-order chi connectivity index (χ0) is 21.2. The number of ether oxygens (including phenoxy) is 1. The summed E-state index contributed by atoms with van der Waals surface area (Å²) < 4.78 is 28.5. The maximum atomic E-state index is 12.3. The molecule has 0 aromatic heterocycles. The predicted octanol–water partition coefficient (Wildman–Crippen LogP) is 2.57. The Morgan fingerprint density at radius 1 is 1.10 bits per heavy atom. The Morgan fingerprint density at radius 3 is 2.38 bits per heavy atom. The number of amides is 1. The number of hydrogen-bond donors (Lipinski definition) is 0. The summed E-state index contributed by atoms with van der Waals surface area (Å²) in [6.07, 6.45) is 2.39. The highest BCUT2D eigenvalue weighted by Gasteiger charge is 2.22. The zero-order valence-corrected chi connectivity index (χ0v) is 17.0. The smallest absolute Gasteiger partial charge is 0.338 e. The quantitative estimate of drug-likeness (QED) is 0.531. The van der Waals surface area contributed by atoms with Gasteiger partial charge < -0.3 is 9.64 Å². The Labute approximate surface area is 169 Å². The second kappa shape index (κ2) is 8.16. The fourth-order valence-electron chi connectivity index (χ4n) is 3.09. The highest BCUT2D eigenvalue weighted by atomic mass is 32.2. The first-order valence-electron chi connectivity index (χ1n) is 9.08. The van der Waals surface area contributed by atoms with E-state index < -0.39 is 28.2 Å². The van der Waals surface area contributed by atoms with Gasteiger partial charge in [-0.05, 0) is 55.3 Å². The number of carbonyl (C=O) groups is 3. The largest absolute Gasteiger partial charge is 0.454 e. The third-order valence-electron chi connectivity index (χ3n) is 4.77. The summed E-state index contributed by atoms with van der Waals surface area (Å²) in [4.78, 5) is 38.1. The summed E-state index contributed by atoms with van der Waals surface area (Å²) in [6.45, 7) is 1.85. The minimum atomic E-state index is -3.47. The lowest BCUT2D eigenvalue weighted by Gasteiger charge is -2.15. The monoisotopic (exact) mass is 415 g/mol. The van der Waals surface area contributed by atoms with Crippen molar-refractivity contribution in [3.63, 3.8) is 0 Å². The Bertz CT molecular complexity index is 1070. The Balaban J connectivity index is 1.66. The molecule has 2 aromatic carbocycles. The Morgan fingerprint density at radius 2 is 1.79 bits per heavy atom. The van der Waals surface area contributed by atoms with E-state index >= 15 is 0 Å². The lowest BCUT2D eigenvalue weighted by molar-refractivity contribution is -0.117. The molecule has 2 aromatic rings. The van der Waals surface area contributed by atoms with Crippen molar-refractivity contribution in [1.29, 1.82) is 0 Å². The molecule has 0 spiro atoms. The van der Waals surface area contributed by atoms with Gasteiger partial charge in [0.05, 0.1) is 10.5 Å². The minimum absolute atomic E-state index is 0.00780. The van der Waals surface area contributed by atoms with E-state index in [0.717, 1.165) is 18.4 Å². The molecule has 1 heterocycles. The molecule has 1 aliphatic heterocycles. The first-order chi connectivity index (χ1) is 13.7. The minimum Gasteiger partial charge on any atom is -0.454 e. The molecule has 1 amide bonds. The van der Waals surface area contributed by atoms with E-state index in [-0.39, 0.29) is 16.4 Å². The molecule has 0 bridgehead atoms. The van der Waals surface area contributed by atoms with Crippen LogP contribution in [0.1, 0.15) is 39.1 Å². The van der Waals surface area contributed by atoms with Gasteiger partial charge in [-0.2, -0.15) is 0 Å². The average Bonchev–Trinajstić information content (AvgIpc) is 3.11. The maximum absolute atomic E-state index is 12.3. The molecule has 1 aliphatic rings. The lowest BCUT2D eigenvalue weighted by atomic mass is 10.1. The number of sulfone groups is 1. The van der Waals surface area contributed by atoms with Gasteiger partial charge in [-0.25, -0.2) is 13.2 Å². The summed E-state index contributed by atoms with van der Waals surface area (Å²) in [5.41, 5.74) is 1.74. The zero-order valence-electron chi connectivity index (χ0n) is 16.2. The number of anilines is 1. The van der Waals surface area contributed by atoms with Gasteiger partial charge in [-0.15, -0.1) is 0 Å². The van der Waals surface area contributed by atoms with Crippen molar-refractivity contribution in [2.45, 2.75) is 24.7 Å². The van der Waals surface area contributed by atoms with Crippen molar-refractivity contribution >= 4 is 33.2 Å². The highest BCUT2D eigenvalue weighted by molar-refractivity contribution is 7.90. The molecule has 1 fully saturated rings. The van der Waals surface area contributed by atoms with Crippen LogP contribution >= 0.6 is 0 Å². The topological polar surface area (TPSA) is 97.8 Å². The molecule has 3 rings (SSSR count). The van der Waals surface area contributed by atoms with E-state index in [0.29, 0.717) is 24.1 Å². The van der Waals surface area contributed by atoms with Crippen molar-refractivity contribution in [1.82, 2.24) is 0 Å². The van der Waals surface area contributed by atoms with Gasteiger partial charge in [-0.1, -0.05) is 6.07 Å². The van der Waals surface area contributed by atoms with Gasteiger partial charge in [0.1, 0.15) is 0 Å². The number of aryl methyl sites for hydroxylation is 1. The third kappa shape index (κ3) is 4.71. The second-order valence-electron chi connectivity index (χ2n) is 6.94. The molecule has 0 radical (unpaired) electrons. The fourth-order valence-corrected chi connectivity index (χ4v) is 3.74. The normalized spacial score (nSPS) is 14.1. The highest BCUT2D eigenvalue weighted by Crippen LogP contribution is 2.22. The number of benzene rings is 2. The number of rotatable bonds is 6. The van der Waals surface area contributed by atoms with E-state index in [9.17, 15) is 22.8 Å². The van der Waals surface area contributed by atoms with Crippen LogP contribution in [0.2, 0.25) is 0 Å². The molecule has 0 unspecified atom stereocenters. The van der Waals surface area contributed by atoms with Crippen LogP contribution in [0.15, 0.2) is 47.4 Å². The Hall–Kier alpha value is -3.00. The van der Waals surface area contributed by atoms with Gasteiger partial charge in [0.25, 0.3) is 0 Å². The molecule has 152 valence electrons. The SMILES string of the molecule is Cc1ccc(S(C)(=O)=O)cc1C(=O)OCC(=O)c1ccc(N2CCCC2=O)cc1. The molecule has 8 heteroatoms. The summed E-state index contributed by atoms with van der Waals surface area (Å²) in [5.74, 6) is -1.10. The summed E-state index contributed by atoms with van der Waals surface area (Å²) in [5, 5.41) is 0. The van der Waals surface area contributed by atoms with Gasteiger partial charge in [0.2, 0.25) is 5.91 Å². The number of ketones is 1. The molecule has 0 aliphatic carbocycles. The van der Waals surface area contributed by atoms with Crippen LogP contribution in [0.5, 0.6) is 0 Å². The Kier molecular flexibility index (Phi) is 5.83. The van der Waals surface area contributed by atoms with Crippen molar-refractivity contribution < 1.29 is 27.5 Å². The second-order valence-corrected chi connectivity index (χ2v) is 8.96. The van der Waals surface area contributed by atoms with Crippen LogP contribution in [0, 0.1) is 6.92 Å². The van der Waals surface area contributed by atoms with Crippen LogP contribution in [-0.4, -0.2) is 45.5 Å². The first kappa shape index (κ1) is 20.7. The van der Waals surface area contributed by atoms with Crippen molar-refractivity contribution in [2.75, 3.05) is 24.3 Å². The van der Waals surface area contributed by atoms with E-state index in [1.807, 2.05) is 0 Å². The molecule has 29 heavy (non-hydrogen) atoms. The van der Waals surface area contributed by atoms with Gasteiger partial charge in [0.15, 0.2) is 22.2 Å². The van der Waals surface area contributed by atoms with Gasteiger partial charge >= 0.3 is 5.97 Å².